The lowest BCUT2D eigenvalue weighted by Crippen LogP contribution is -2.20. The summed E-state index contributed by atoms with van der Waals surface area (Å²) in [7, 11) is 3.41. The van der Waals surface area contributed by atoms with E-state index in [0.717, 1.165) is 11.1 Å². The van der Waals surface area contributed by atoms with Crippen LogP contribution in [0.4, 0.5) is 0 Å². The van der Waals surface area contributed by atoms with Crippen molar-refractivity contribution < 1.29 is 4.74 Å². The minimum atomic E-state index is -0.362. The molecule has 1 atom stereocenters. The van der Waals surface area contributed by atoms with Gasteiger partial charge in [-0.05, 0) is 20.0 Å². The monoisotopic (exact) mass is 233 g/mol. The molecule has 1 unspecified atom stereocenters. The van der Waals surface area contributed by atoms with Crippen LogP contribution in [-0.4, -0.2) is 24.1 Å². The van der Waals surface area contributed by atoms with Crippen molar-refractivity contribution in [2.24, 2.45) is 0 Å². The lowest BCUT2D eigenvalue weighted by Gasteiger charge is -2.13. The predicted octanol–water partition coefficient (Wildman–Crippen LogP) is 1.21. The van der Waals surface area contributed by atoms with E-state index in [1.165, 1.54) is 0 Å². The van der Waals surface area contributed by atoms with Gasteiger partial charge in [0, 0.05) is 17.1 Å². The van der Waals surface area contributed by atoms with Crippen molar-refractivity contribution in [3.63, 3.8) is 0 Å². The fourth-order valence-corrected chi connectivity index (χ4v) is 1.82. The van der Waals surface area contributed by atoms with E-state index < -0.39 is 0 Å². The van der Waals surface area contributed by atoms with E-state index in [1.807, 2.05) is 26.1 Å². The van der Waals surface area contributed by atoms with Crippen LogP contribution in [0.3, 0.4) is 0 Å². The number of hydrogen-bond acceptors (Lipinski definition) is 4. The van der Waals surface area contributed by atoms with Gasteiger partial charge in [-0.1, -0.05) is 12.1 Å². The van der Waals surface area contributed by atoms with E-state index in [2.05, 4.69) is 15.3 Å². The van der Waals surface area contributed by atoms with E-state index in [1.54, 1.807) is 13.2 Å². The van der Waals surface area contributed by atoms with Crippen molar-refractivity contribution in [2.75, 3.05) is 14.2 Å². The molecule has 5 heteroatoms. The van der Waals surface area contributed by atoms with Crippen molar-refractivity contribution in [2.45, 2.75) is 13.0 Å². The zero-order valence-corrected chi connectivity index (χ0v) is 10.1. The minimum absolute atomic E-state index is 0.0420. The number of H-pyrrole nitrogens is 1. The second-order valence-electron chi connectivity index (χ2n) is 3.82. The summed E-state index contributed by atoms with van der Waals surface area (Å²) in [6.45, 7) is 1.98. The van der Waals surface area contributed by atoms with E-state index in [9.17, 15) is 4.79 Å². The number of benzene rings is 1. The van der Waals surface area contributed by atoms with Crippen molar-refractivity contribution in [3.05, 3.63) is 34.4 Å². The standard InChI is InChI=1S/C12H15N3O2/c1-7(13-2)10-8-5-4-6-9(17-3)11(8)15-12(16)14-10/h4-7,13H,1-3H3,(H,14,15,16). The van der Waals surface area contributed by atoms with Gasteiger partial charge in [-0.2, -0.15) is 4.98 Å². The first-order valence-electron chi connectivity index (χ1n) is 5.41. The number of aromatic amines is 1. The Balaban J connectivity index is 2.81. The largest absolute Gasteiger partial charge is 0.494 e. The molecule has 0 spiro atoms. The van der Waals surface area contributed by atoms with Gasteiger partial charge in [-0.15, -0.1) is 0 Å². The highest BCUT2D eigenvalue weighted by Crippen LogP contribution is 2.26. The molecule has 0 radical (unpaired) electrons. The number of methoxy groups -OCH3 is 1. The molecule has 1 aromatic heterocycles. The van der Waals surface area contributed by atoms with Gasteiger partial charge in [0.15, 0.2) is 0 Å². The maximum absolute atomic E-state index is 11.5. The smallest absolute Gasteiger partial charge is 0.345 e. The van der Waals surface area contributed by atoms with Crippen LogP contribution in [0.15, 0.2) is 23.0 Å². The Morgan fingerprint density at radius 3 is 2.88 bits per heavy atom. The number of fused-ring (bicyclic) bond motifs is 1. The number of aromatic nitrogens is 2. The molecule has 90 valence electrons. The lowest BCUT2D eigenvalue weighted by molar-refractivity contribution is 0.418. The quantitative estimate of drug-likeness (QED) is 0.836. The molecule has 0 aliphatic heterocycles. The Hall–Kier alpha value is -1.88. The van der Waals surface area contributed by atoms with Gasteiger partial charge >= 0.3 is 5.69 Å². The fraction of sp³-hybridized carbons (Fsp3) is 0.333. The van der Waals surface area contributed by atoms with Gasteiger partial charge in [0.1, 0.15) is 11.3 Å². The Morgan fingerprint density at radius 2 is 2.24 bits per heavy atom. The van der Waals surface area contributed by atoms with Gasteiger partial charge in [-0.25, -0.2) is 4.79 Å². The molecule has 17 heavy (non-hydrogen) atoms. The SMILES string of the molecule is CNC(C)c1[nH]c(=O)nc2c(OC)cccc12. The number of para-hydroxylation sites is 1. The Bertz CT molecular complexity index is 592. The van der Waals surface area contributed by atoms with E-state index in [0.29, 0.717) is 11.3 Å². The number of hydrogen-bond donors (Lipinski definition) is 2. The zero-order valence-electron chi connectivity index (χ0n) is 10.1. The van der Waals surface area contributed by atoms with E-state index in [4.69, 9.17) is 4.74 Å². The summed E-state index contributed by atoms with van der Waals surface area (Å²) in [5.41, 5.74) is 1.05. The second kappa shape index (κ2) is 4.55. The molecule has 1 aromatic carbocycles. The highest BCUT2D eigenvalue weighted by molar-refractivity contribution is 5.86. The highest BCUT2D eigenvalue weighted by atomic mass is 16.5. The van der Waals surface area contributed by atoms with Crippen LogP contribution in [-0.2, 0) is 0 Å². The molecule has 1 heterocycles. The normalized spacial score (nSPS) is 12.6. The van der Waals surface area contributed by atoms with Gasteiger partial charge < -0.3 is 15.0 Å². The first-order chi connectivity index (χ1) is 8.17. The Kier molecular flexibility index (Phi) is 3.10. The molecule has 2 N–H and O–H groups in total. The van der Waals surface area contributed by atoms with Crippen LogP contribution < -0.4 is 15.7 Å². The number of ether oxygens (including phenoxy) is 1. The molecule has 0 fully saturated rings. The second-order valence-corrected chi connectivity index (χ2v) is 3.82. The molecule has 0 aliphatic rings. The molecule has 0 saturated carbocycles. The fourth-order valence-electron chi connectivity index (χ4n) is 1.82. The third-order valence-electron chi connectivity index (χ3n) is 2.83. The Morgan fingerprint density at radius 1 is 1.47 bits per heavy atom. The number of nitrogens with zero attached hydrogens (tertiary/aromatic N) is 1. The summed E-state index contributed by atoms with van der Waals surface area (Å²) >= 11 is 0. The predicted molar refractivity (Wildman–Crippen MR) is 66.4 cm³/mol. The topological polar surface area (TPSA) is 67.0 Å². The molecular weight excluding hydrogens is 218 g/mol. The van der Waals surface area contributed by atoms with Crippen LogP contribution >= 0.6 is 0 Å². The van der Waals surface area contributed by atoms with E-state index in [-0.39, 0.29) is 11.7 Å². The van der Waals surface area contributed by atoms with Gasteiger partial charge in [-0.3, -0.25) is 0 Å². The zero-order chi connectivity index (χ0) is 12.4. The van der Waals surface area contributed by atoms with Crippen LogP contribution in [0.5, 0.6) is 5.75 Å². The molecular formula is C12H15N3O2. The third kappa shape index (κ3) is 2.01. The van der Waals surface area contributed by atoms with Gasteiger partial charge in [0.05, 0.1) is 7.11 Å². The van der Waals surface area contributed by atoms with Gasteiger partial charge in [0.2, 0.25) is 0 Å². The third-order valence-corrected chi connectivity index (χ3v) is 2.83. The summed E-state index contributed by atoms with van der Waals surface area (Å²) in [5, 5.41) is 3.99. The molecule has 5 nitrogen and oxygen atoms in total. The van der Waals surface area contributed by atoms with Crippen LogP contribution in [0.1, 0.15) is 18.7 Å². The van der Waals surface area contributed by atoms with Crippen LogP contribution in [0.25, 0.3) is 10.9 Å². The van der Waals surface area contributed by atoms with Crippen LogP contribution in [0.2, 0.25) is 0 Å². The van der Waals surface area contributed by atoms with Crippen molar-refractivity contribution in [3.8, 4) is 5.75 Å². The number of rotatable bonds is 3. The molecule has 0 aliphatic carbocycles. The summed E-state index contributed by atoms with van der Waals surface area (Å²) in [6.07, 6.45) is 0. The van der Waals surface area contributed by atoms with Crippen LogP contribution in [0, 0.1) is 0 Å². The maximum Gasteiger partial charge on any atom is 0.345 e. The molecule has 0 saturated heterocycles. The van der Waals surface area contributed by atoms with Crippen molar-refractivity contribution in [1.82, 2.24) is 15.3 Å². The molecule has 0 bridgehead atoms. The summed E-state index contributed by atoms with van der Waals surface area (Å²) in [5.74, 6) is 0.609. The maximum atomic E-state index is 11.5. The molecule has 0 amide bonds. The van der Waals surface area contributed by atoms with Crippen molar-refractivity contribution >= 4 is 10.9 Å². The average Bonchev–Trinajstić information content (AvgIpc) is 2.36. The summed E-state index contributed by atoms with van der Waals surface area (Å²) in [4.78, 5) is 18.3. The van der Waals surface area contributed by atoms with Gasteiger partial charge in [0.25, 0.3) is 0 Å². The first kappa shape index (κ1) is 11.6. The molecule has 2 rings (SSSR count). The first-order valence-corrected chi connectivity index (χ1v) is 5.41. The average molecular weight is 233 g/mol. The lowest BCUT2D eigenvalue weighted by atomic mass is 10.1. The summed E-state index contributed by atoms with van der Waals surface area (Å²) in [6, 6.07) is 5.64. The Labute approximate surface area is 98.8 Å². The minimum Gasteiger partial charge on any atom is -0.494 e. The number of nitrogens with one attached hydrogen (secondary N) is 2. The van der Waals surface area contributed by atoms with Crippen molar-refractivity contribution in [1.29, 1.82) is 0 Å². The highest BCUT2D eigenvalue weighted by Gasteiger charge is 2.12. The van der Waals surface area contributed by atoms with E-state index >= 15 is 0 Å². The summed E-state index contributed by atoms with van der Waals surface area (Å²) < 4.78 is 5.22. The molecule has 2 aromatic rings.